The largest absolute Gasteiger partial charge is 0.481 e. The number of aliphatic carboxylic acids is 1. The number of amides is 2. The minimum atomic E-state index is -1.20. The summed E-state index contributed by atoms with van der Waals surface area (Å²) < 4.78 is 0. The van der Waals surface area contributed by atoms with Crippen LogP contribution in [-0.4, -0.2) is 36.0 Å². The third kappa shape index (κ3) is 5.37. The van der Waals surface area contributed by atoms with E-state index in [1.807, 2.05) is 6.07 Å². The van der Waals surface area contributed by atoms with E-state index in [2.05, 4.69) is 10.6 Å². The highest BCUT2D eigenvalue weighted by Gasteiger charge is 2.35. The van der Waals surface area contributed by atoms with Gasteiger partial charge in [-0.2, -0.15) is 0 Å². The zero-order chi connectivity index (χ0) is 18.4. The Bertz CT molecular complexity index is 593. The molecular formula is C18H26N2O4. The summed E-state index contributed by atoms with van der Waals surface area (Å²) >= 11 is 0. The number of carbonyl (C=O) groups is 3. The molecule has 1 unspecified atom stereocenters. The van der Waals surface area contributed by atoms with E-state index in [1.165, 1.54) is 0 Å². The maximum atomic E-state index is 11.9. The predicted octanol–water partition coefficient (Wildman–Crippen LogP) is 1.70. The fourth-order valence-electron chi connectivity index (χ4n) is 2.03. The van der Waals surface area contributed by atoms with Gasteiger partial charge >= 0.3 is 5.97 Å². The maximum Gasteiger partial charge on any atom is 0.315 e. The summed E-state index contributed by atoms with van der Waals surface area (Å²) in [7, 11) is 0. The van der Waals surface area contributed by atoms with Crippen molar-refractivity contribution < 1.29 is 19.5 Å². The van der Waals surface area contributed by atoms with Crippen molar-refractivity contribution in [1.29, 1.82) is 0 Å². The van der Waals surface area contributed by atoms with E-state index in [1.54, 1.807) is 52.0 Å². The first kappa shape index (κ1) is 19.7. The van der Waals surface area contributed by atoms with Crippen molar-refractivity contribution in [2.24, 2.45) is 5.41 Å². The molecular weight excluding hydrogens is 308 g/mol. The van der Waals surface area contributed by atoms with E-state index in [0.717, 1.165) is 0 Å². The van der Waals surface area contributed by atoms with Crippen LogP contribution < -0.4 is 10.6 Å². The highest BCUT2D eigenvalue weighted by atomic mass is 16.4. The minimum Gasteiger partial charge on any atom is -0.481 e. The van der Waals surface area contributed by atoms with Crippen LogP contribution >= 0.6 is 0 Å². The Morgan fingerprint density at radius 2 is 1.58 bits per heavy atom. The smallest absolute Gasteiger partial charge is 0.315 e. The summed E-state index contributed by atoms with van der Waals surface area (Å²) in [6.07, 6.45) is 0.103. The lowest BCUT2D eigenvalue weighted by Gasteiger charge is -2.25. The van der Waals surface area contributed by atoms with Gasteiger partial charge < -0.3 is 15.7 Å². The van der Waals surface area contributed by atoms with Gasteiger partial charge in [-0.3, -0.25) is 14.4 Å². The second-order valence-corrected chi connectivity index (χ2v) is 7.04. The lowest BCUT2D eigenvalue weighted by Crippen LogP contribution is -2.45. The molecule has 0 spiro atoms. The van der Waals surface area contributed by atoms with Crippen molar-refractivity contribution in [2.75, 3.05) is 13.1 Å². The predicted molar refractivity (Wildman–Crippen MR) is 91.5 cm³/mol. The normalized spacial score (nSPS) is 13.7. The number of hydrogen-bond acceptors (Lipinski definition) is 3. The number of carbonyl (C=O) groups excluding carboxylic acids is 2. The Balaban J connectivity index is 2.55. The molecule has 0 aliphatic carbocycles. The molecule has 0 saturated heterocycles. The fraction of sp³-hybridized carbons (Fsp3) is 0.500. The van der Waals surface area contributed by atoms with E-state index in [9.17, 15) is 19.5 Å². The molecule has 0 aliphatic heterocycles. The van der Waals surface area contributed by atoms with E-state index < -0.39 is 16.8 Å². The summed E-state index contributed by atoms with van der Waals surface area (Å²) in [5, 5.41) is 14.9. The molecule has 0 aromatic heterocycles. The third-order valence-electron chi connectivity index (χ3n) is 3.84. The second-order valence-electron chi connectivity index (χ2n) is 7.04. The zero-order valence-corrected chi connectivity index (χ0v) is 14.7. The zero-order valence-electron chi connectivity index (χ0n) is 14.7. The van der Waals surface area contributed by atoms with Crippen LogP contribution in [0.4, 0.5) is 0 Å². The number of rotatable bonds is 7. The molecule has 0 fully saturated rings. The van der Waals surface area contributed by atoms with Gasteiger partial charge in [0.05, 0.1) is 0 Å². The van der Waals surface area contributed by atoms with Crippen LogP contribution in [-0.2, 0) is 19.8 Å². The van der Waals surface area contributed by atoms with Crippen LogP contribution in [0.1, 0.15) is 39.7 Å². The van der Waals surface area contributed by atoms with E-state index in [-0.39, 0.29) is 31.3 Å². The Kier molecular flexibility index (Phi) is 6.51. The lowest BCUT2D eigenvalue weighted by molar-refractivity contribution is -0.143. The van der Waals surface area contributed by atoms with Crippen molar-refractivity contribution in [1.82, 2.24) is 10.6 Å². The highest BCUT2D eigenvalue weighted by Crippen LogP contribution is 2.23. The minimum absolute atomic E-state index is 0.0155. The Labute approximate surface area is 142 Å². The van der Waals surface area contributed by atoms with Crippen molar-refractivity contribution in [2.45, 2.75) is 39.5 Å². The maximum absolute atomic E-state index is 11.9. The van der Waals surface area contributed by atoms with Crippen molar-refractivity contribution in [3.8, 4) is 0 Å². The molecule has 0 bridgehead atoms. The van der Waals surface area contributed by atoms with Gasteiger partial charge in [0.2, 0.25) is 11.8 Å². The Morgan fingerprint density at radius 1 is 1.00 bits per heavy atom. The topological polar surface area (TPSA) is 95.5 Å². The lowest BCUT2D eigenvalue weighted by atomic mass is 9.82. The number of carboxylic acids is 1. The average molecular weight is 334 g/mol. The second kappa shape index (κ2) is 7.95. The molecule has 1 atom stereocenters. The van der Waals surface area contributed by atoms with Gasteiger partial charge in [-0.1, -0.05) is 51.1 Å². The summed E-state index contributed by atoms with van der Waals surface area (Å²) in [6, 6.07) is 8.79. The number of benzene rings is 1. The molecule has 2 amide bonds. The van der Waals surface area contributed by atoms with Gasteiger partial charge in [-0.25, -0.2) is 0 Å². The molecule has 1 rings (SSSR count). The number of nitrogens with one attached hydrogen (secondary N) is 2. The van der Waals surface area contributed by atoms with Gasteiger partial charge in [-0.05, 0) is 12.5 Å². The van der Waals surface area contributed by atoms with E-state index >= 15 is 0 Å². The molecule has 0 radical (unpaired) electrons. The SMILES string of the molecule is CC(C)(C)C(=O)NCCC(=O)NCC(C)(C(=O)O)c1ccccc1. The van der Waals surface area contributed by atoms with Crippen LogP contribution in [0.5, 0.6) is 0 Å². The quantitative estimate of drug-likeness (QED) is 0.707. The molecule has 0 saturated carbocycles. The van der Waals surface area contributed by atoms with Crippen LogP contribution in [0.3, 0.4) is 0 Å². The summed E-state index contributed by atoms with van der Waals surface area (Å²) in [4.78, 5) is 35.3. The summed E-state index contributed by atoms with van der Waals surface area (Å²) in [5.41, 5.74) is -1.09. The first-order valence-corrected chi connectivity index (χ1v) is 7.91. The van der Waals surface area contributed by atoms with Crippen LogP contribution in [0, 0.1) is 5.41 Å². The Hall–Kier alpha value is -2.37. The molecule has 0 heterocycles. The van der Waals surface area contributed by atoms with E-state index in [0.29, 0.717) is 5.56 Å². The van der Waals surface area contributed by atoms with Gasteiger partial charge in [-0.15, -0.1) is 0 Å². The Morgan fingerprint density at radius 3 is 2.08 bits per heavy atom. The molecule has 1 aromatic rings. The fourth-order valence-corrected chi connectivity index (χ4v) is 2.03. The molecule has 6 heteroatoms. The van der Waals surface area contributed by atoms with Crippen LogP contribution in [0.2, 0.25) is 0 Å². The first-order valence-electron chi connectivity index (χ1n) is 7.91. The third-order valence-corrected chi connectivity index (χ3v) is 3.84. The highest BCUT2D eigenvalue weighted by molar-refractivity contribution is 5.84. The molecule has 24 heavy (non-hydrogen) atoms. The average Bonchev–Trinajstić information content (AvgIpc) is 2.52. The van der Waals surface area contributed by atoms with Gasteiger partial charge in [0.1, 0.15) is 5.41 Å². The molecule has 0 aliphatic rings. The molecule has 1 aromatic carbocycles. The first-order chi connectivity index (χ1) is 11.1. The van der Waals surface area contributed by atoms with Crippen molar-refractivity contribution in [3.05, 3.63) is 35.9 Å². The van der Waals surface area contributed by atoms with Gasteiger partial charge in [0.15, 0.2) is 0 Å². The molecule has 3 N–H and O–H groups in total. The van der Waals surface area contributed by atoms with Gasteiger partial charge in [0.25, 0.3) is 0 Å². The van der Waals surface area contributed by atoms with Gasteiger partial charge in [0, 0.05) is 24.9 Å². The number of carboxylic acid groups (broad SMARTS) is 1. The van der Waals surface area contributed by atoms with E-state index in [4.69, 9.17) is 0 Å². The molecule has 132 valence electrons. The van der Waals surface area contributed by atoms with Crippen molar-refractivity contribution >= 4 is 17.8 Å². The monoisotopic (exact) mass is 334 g/mol. The van der Waals surface area contributed by atoms with Crippen LogP contribution in [0.25, 0.3) is 0 Å². The standard InChI is InChI=1S/C18H26N2O4/c1-17(2,3)15(22)19-11-10-14(21)20-12-18(4,16(23)24)13-8-6-5-7-9-13/h5-9H,10-12H2,1-4H3,(H,19,22)(H,20,21)(H,23,24). The number of hydrogen-bond donors (Lipinski definition) is 3. The molecule has 6 nitrogen and oxygen atoms in total. The van der Waals surface area contributed by atoms with Crippen LogP contribution in [0.15, 0.2) is 30.3 Å². The summed E-state index contributed by atoms with van der Waals surface area (Å²) in [5.74, 6) is -1.43. The van der Waals surface area contributed by atoms with Crippen molar-refractivity contribution in [3.63, 3.8) is 0 Å². The summed E-state index contributed by atoms with van der Waals surface area (Å²) in [6.45, 7) is 7.16.